The van der Waals surface area contributed by atoms with Crippen molar-refractivity contribution >= 4 is 40.6 Å². The maximum Gasteiger partial charge on any atom is 0.156 e. The number of hydrogen-bond donors (Lipinski definition) is 0. The predicted molar refractivity (Wildman–Crippen MR) is 157 cm³/mol. The highest BCUT2D eigenvalue weighted by molar-refractivity contribution is 7.99. The van der Waals surface area contributed by atoms with Crippen molar-refractivity contribution in [2.45, 2.75) is 49.2 Å². The molecule has 0 amide bonds. The third-order valence-electron chi connectivity index (χ3n) is 6.64. The van der Waals surface area contributed by atoms with Gasteiger partial charge in [-0.1, -0.05) is 43.9 Å². The van der Waals surface area contributed by atoms with Gasteiger partial charge < -0.3 is 0 Å². The van der Waals surface area contributed by atoms with Crippen molar-refractivity contribution in [2.24, 2.45) is 0 Å². The Morgan fingerprint density at radius 1 is 0.889 bits per heavy atom. The fourth-order valence-electron chi connectivity index (χ4n) is 4.03. The first-order valence-electron chi connectivity index (χ1n) is 12.1. The Hall–Kier alpha value is -2.48. The van der Waals surface area contributed by atoms with Gasteiger partial charge in [0.2, 0.25) is 0 Å². The quantitative estimate of drug-likeness (QED) is 0.171. The van der Waals surface area contributed by atoms with Crippen molar-refractivity contribution in [1.29, 1.82) is 0 Å². The Morgan fingerprint density at radius 2 is 1.61 bits per heavy atom. The minimum absolute atomic E-state index is 0.714. The molecule has 4 aromatic rings. The van der Waals surface area contributed by atoms with Crippen LogP contribution >= 0.6 is 11.8 Å². The van der Waals surface area contributed by atoms with Crippen molar-refractivity contribution in [3.8, 4) is 22.3 Å². The van der Waals surface area contributed by atoms with Crippen LogP contribution < -0.4 is 0 Å². The van der Waals surface area contributed by atoms with Gasteiger partial charge in [-0.2, -0.15) is 0 Å². The molecule has 0 radical (unpaired) electrons. The maximum absolute atomic E-state index is 12.7. The molecule has 0 saturated carbocycles. The Labute approximate surface area is 220 Å². The maximum atomic E-state index is 12.7. The first-order chi connectivity index (χ1) is 16.8. The smallest absolute Gasteiger partial charge is 0.156 e. The summed E-state index contributed by atoms with van der Waals surface area (Å²) < 4.78 is 24.4. The number of thioether (sulfide) groups is 1. The topological polar surface area (TPSA) is 59.9 Å². The van der Waals surface area contributed by atoms with Crippen molar-refractivity contribution < 1.29 is 8.42 Å². The Morgan fingerprint density at radius 3 is 2.31 bits per heavy atom. The molecule has 4 rings (SSSR count). The molecule has 0 bridgehead atoms. The van der Waals surface area contributed by atoms with Gasteiger partial charge in [0.15, 0.2) is 9.84 Å². The van der Waals surface area contributed by atoms with E-state index in [-0.39, 0.29) is 0 Å². The summed E-state index contributed by atoms with van der Waals surface area (Å²) in [6, 6.07) is 19.8. The summed E-state index contributed by atoms with van der Waals surface area (Å²) in [4.78, 5) is 10.2. The average Bonchev–Trinajstić information content (AvgIpc) is 2.82. The highest BCUT2D eigenvalue weighted by atomic mass is 32.2. The van der Waals surface area contributed by atoms with Crippen LogP contribution in [0.4, 0.5) is 0 Å². The monoisotopic (exact) mass is 534 g/mol. The molecule has 0 atom stereocenters. The molecule has 2 aromatic carbocycles. The SMILES string of the molecule is CC(C)(c1cc(-c2cccc(-c3cncc(SCC[Si](C)(C)C)c3)c2)cc2cccnc12)S(C)(=O)=O. The lowest BCUT2D eigenvalue weighted by Crippen LogP contribution is -2.28. The van der Waals surface area contributed by atoms with Crippen LogP contribution in [-0.2, 0) is 14.6 Å². The van der Waals surface area contributed by atoms with Gasteiger partial charge in [-0.05, 0) is 78.2 Å². The van der Waals surface area contributed by atoms with E-state index in [4.69, 9.17) is 0 Å². The first kappa shape index (κ1) is 26.6. The lowest BCUT2D eigenvalue weighted by atomic mass is 9.92. The zero-order valence-electron chi connectivity index (χ0n) is 21.9. The molecular weight excluding hydrogens is 501 g/mol. The number of fused-ring (bicyclic) bond motifs is 1. The number of rotatable bonds is 8. The first-order valence-corrected chi connectivity index (χ1v) is 18.7. The van der Waals surface area contributed by atoms with Crippen LogP contribution in [0.5, 0.6) is 0 Å². The van der Waals surface area contributed by atoms with Gasteiger partial charge in [-0.15, -0.1) is 11.8 Å². The Bertz CT molecular complexity index is 1510. The number of benzene rings is 2. The predicted octanol–water partition coefficient (Wildman–Crippen LogP) is 7.67. The minimum atomic E-state index is -3.37. The van der Waals surface area contributed by atoms with Gasteiger partial charge in [0.25, 0.3) is 0 Å². The number of sulfone groups is 1. The molecule has 188 valence electrons. The van der Waals surface area contributed by atoms with Crippen molar-refractivity contribution in [2.75, 3.05) is 12.0 Å². The van der Waals surface area contributed by atoms with E-state index >= 15 is 0 Å². The van der Waals surface area contributed by atoms with Gasteiger partial charge in [-0.3, -0.25) is 9.97 Å². The zero-order valence-corrected chi connectivity index (χ0v) is 24.5. The fraction of sp³-hybridized carbons (Fsp3) is 0.310. The summed E-state index contributed by atoms with van der Waals surface area (Å²) in [5.41, 5.74) is 5.60. The Kier molecular flexibility index (Phi) is 7.47. The van der Waals surface area contributed by atoms with E-state index < -0.39 is 22.7 Å². The van der Waals surface area contributed by atoms with E-state index in [1.807, 2.05) is 48.4 Å². The fourth-order valence-corrected chi connectivity index (χ4v) is 8.02. The molecule has 0 aliphatic heterocycles. The molecule has 0 spiro atoms. The van der Waals surface area contributed by atoms with E-state index in [1.54, 1.807) is 20.0 Å². The van der Waals surface area contributed by atoms with E-state index in [2.05, 4.69) is 59.9 Å². The average molecular weight is 535 g/mol. The normalized spacial score (nSPS) is 12.7. The molecule has 0 fully saturated rings. The molecule has 2 heterocycles. The van der Waals surface area contributed by atoms with E-state index in [1.165, 1.54) is 17.2 Å². The second-order valence-electron chi connectivity index (χ2n) is 11.0. The third-order valence-corrected chi connectivity index (χ3v) is 11.8. The molecule has 0 saturated heterocycles. The standard InChI is InChI=1S/C29H34N2O2S2Si/c1-29(2,35(3,32)33)27-18-24(16-23-11-8-12-31-28(23)27)21-9-7-10-22(15-21)25-17-26(20-30-19-25)34-13-14-36(4,5)6/h7-12,15-20H,13-14H2,1-6H3. The summed E-state index contributed by atoms with van der Waals surface area (Å²) in [6.45, 7) is 10.7. The molecule has 0 aliphatic carbocycles. The van der Waals surface area contributed by atoms with Gasteiger partial charge >= 0.3 is 0 Å². The second-order valence-corrected chi connectivity index (χ2v) is 20.4. The van der Waals surface area contributed by atoms with E-state index in [0.29, 0.717) is 5.56 Å². The van der Waals surface area contributed by atoms with Crippen LogP contribution in [0, 0.1) is 0 Å². The van der Waals surface area contributed by atoms with Crippen molar-refractivity contribution in [3.05, 3.63) is 78.8 Å². The van der Waals surface area contributed by atoms with Crippen LogP contribution in [-0.4, -0.2) is 38.5 Å². The highest BCUT2D eigenvalue weighted by Crippen LogP contribution is 2.38. The number of aromatic nitrogens is 2. The molecule has 36 heavy (non-hydrogen) atoms. The number of hydrogen-bond acceptors (Lipinski definition) is 5. The largest absolute Gasteiger partial charge is 0.263 e. The van der Waals surface area contributed by atoms with Gasteiger partial charge in [0.05, 0.1) is 10.3 Å². The molecule has 7 heteroatoms. The molecule has 2 aromatic heterocycles. The zero-order chi connectivity index (χ0) is 26.1. The molecule has 4 nitrogen and oxygen atoms in total. The van der Waals surface area contributed by atoms with E-state index in [9.17, 15) is 8.42 Å². The van der Waals surface area contributed by atoms with Crippen LogP contribution in [0.2, 0.25) is 25.7 Å². The third kappa shape index (κ3) is 5.90. The summed E-state index contributed by atoms with van der Waals surface area (Å²) in [5, 5.41) is 0.926. The van der Waals surface area contributed by atoms with Gasteiger partial charge in [0.1, 0.15) is 0 Å². The summed E-state index contributed by atoms with van der Waals surface area (Å²) >= 11 is 1.87. The minimum Gasteiger partial charge on any atom is -0.263 e. The van der Waals surface area contributed by atoms with Crippen molar-refractivity contribution in [3.63, 3.8) is 0 Å². The van der Waals surface area contributed by atoms with Gasteiger partial charge in [-0.25, -0.2) is 8.42 Å². The lowest BCUT2D eigenvalue weighted by molar-refractivity contribution is 0.562. The van der Waals surface area contributed by atoms with E-state index in [0.717, 1.165) is 38.9 Å². The highest BCUT2D eigenvalue weighted by Gasteiger charge is 2.34. The number of pyridine rings is 2. The Balaban J connectivity index is 1.74. The van der Waals surface area contributed by atoms with Crippen LogP contribution in [0.3, 0.4) is 0 Å². The molecule has 0 N–H and O–H groups in total. The van der Waals surface area contributed by atoms with Crippen LogP contribution in [0.1, 0.15) is 19.4 Å². The van der Waals surface area contributed by atoms with Crippen LogP contribution in [0.25, 0.3) is 33.2 Å². The molecule has 0 aliphatic rings. The summed E-state index contributed by atoms with van der Waals surface area (Å²) in [6.07, 6.45) is 6.85. The van der Waals surface area contributed by atoms with Crippen molar-refractivity contribution in [1.82, 2.24) is 9.97 Å². The molecule has 0 unspecified atom stereocenters. The van der Waals surface area contributed by atoms with Gasteiger partial charge in [0, 0.05) is 48.8 Å². The lowest BCUT2D eigenvalue weighted by Gasteiger charge is -2.25. The van der Waals surface area contributed by atoms with Crippen LogP contribution in [0.15, 0.2) is 78.1 Å². The number of nitrogens with zero attached hydrogens (tertiary/aromatic N) is 2. The molecular formula is C29H34N2O2S2Si. The summed E-state index contributed by atoms with van der Waals surface area (Å²) in [5.74, 6) is 1.12. The second kappa shape index (κ2) is 10.1. The summed E-state index contributed by atoms with van der Waals surface area (Å²) in [7, 11) is -4.43.